The van der Waals surface area contributed by atoms with E-state index >= 15 is 0 Å². The fraction of sp³-hybridized carbons (Fsp3) is 0.632. The number of ether oxygens (including phenoxy) is 1. The van der Waals surface area contributed by atoms with E-state index in [0.29, 0.717) is 19.2 Å². The van der Waals surface area contributed by atoms with E-state index in [2.05, 4.69) is 36.3 Å². The highest BCUT2D eigenvalue weighted by atomic mass is 16.5. The maximum absolute atomic E-state index is 12.4. The Hall–Kier alpha value is -1.79. The standard InChI is InChI=1S/C19H29N3O3/c1-19(2,3)22-9-8-14(22)10-20-18(24)21-17-13(11-23)12-25-16-7-5-4-6-15(16)17/h4-7,13-14,17,23H,8-12H2,1-3H3,(H2,20,21,24)/t13-,14?,17-/m1/s1. The highest BCUT2D eigenvalue weighted by molar-refractivity contribution is 5.74. The number of para-hydroxylation sites is 1. The summed E-state index contributed by atoms with van der Waals surface area (Å²) in [5.74, 6) is 0.630. The zero-order chi connectivity index (χ0) is 18.0. The molecule has 2 aliphatic heterocycles. The van der Waals surface area contributed by atoms with E-state index in [0.717, 1.165) is 24.3 Å². The molecular formula is C19H29N3O3. The third-order valence-corrected chi connectivity index (χ3v) is 5.20. The lowest BCUT2D eigenvalue weighted by Crippen LogP contribution is -2.61. The summed E-state index contributed by atoms with van der Waals surface area (Å²) in [5.41, 5.74) is 1.05. The van der Waals surface area contributed by atoms with Crippen molar-refractivity contribution in [2.75, 3.05) is 26.3 Å². The zero-order valence-electron chi connectivity index (χ0n) is 15.3. The van der Waals surface area contributed by atoms with Crippen molar-refractivity contribution in [1.29, 1.82) is 0 Å². The first-order valence-corrected chi connectivity index (χ1v) is 9.04. The van der Waals surface area contributed by atoms with Gasteiger partial charge in [0.15, 0.2) is 0 Å². The number of nitrogens with one attached hydrogen (secondary N) is 2. The van der Waals surface area contributed by atoms with E-state index in [1.54, 1.807) is 0 Å². The van der Waals surface area contributed by atoms with Crippen molar-refractivity contribution < 1.29 is 14.6 Å². The predicted octanol–water partition coefficient (Wildman–Crippen LogP) is 1.90. The molecule has 6 nitrogen and oxygen atoms in total. The van der Waals surface area contributed by atoms with Gasteiger partial charge in [-0.15, -0.1) is 0 Å². The van der Waals surface area contributed by atoms with Crippen molar-refractivity contribution in [2.24, 2.45) is 5.92 Å². The highest BCUT2D eigenvalue weighted by Crippen LogP contribution is 2.35. The predicted molar refractivity (Wildman–Crippen MR) is 96.7 cm³/mol. The molecule has 1 fully saturated rings. The number of carbonyl (C=O) groups is 1. The van der Waals surface area contributed by atoms with E-state index in [4.69, 9.17) is 4.74 Å². The van der Waals surface area contributed by atoms with Gasteiger partial charge in [-0.25, -0.2) is 4.79 Å². The van der Waals surface area contributed by atoms with Gasteiger partial charge in [-0.05, 0) is 33.3 Å². The number of hydrogen-bond donors (Lipinski definition) is 3. The molecule has 0 spiro atoms. The largest absolute Gasteiger partial charge is 0.493 e. The van der Waals surface area contributed by atoms with Gasteiger partial charge in [0.05, 0.1) is 19.3 Å². The quantitative estimate of drug-likeness (QED) is 0.778. The number of rotatable bonds is 4. The molecule has 1 aromatic rings. The van der Waals surface area contributed by atoms with Crippen LogP contribution in [-0.4, -0.2) is 53.9 Å². The number of nitrogens with zero attached hydrogens (tertiary/aromatic N) is 1. The molecule has 0 aliphatic carbocycles. The van der Waals surface area contributed by atoms with Crippen molar-refractivity contribution in [1.82, 2.24) is 15.5 Å². The lowest BCUT2D eigenvalue weighted by molar-refractivity contribution is 0.00368. The van der Waals surface area contributed by atoms with Crippen LogP contribution in [0.3, 0.4) is 0 Å². The van der Waals surface area contributed by atoms with Gasteiger partial charge in [0.25, 0.3) is 0 Å². The van der Waals surface area contributed by atoms with Crippen LogP contribution in [0.4, 0.5) is 4.79 Å². The Bertz CT molecular complexity index is 614. The van der Waals surface area contributed by atoms with Crippen LogP contribution in [0.15, 0.2) is 24.3 Å². The summed E-state index contributed by atoms with van der Waals surface area (Å²) in [4.78, 5) is 14.8. The third-order valence-electron chi connectivity index (χ3n) is 5.20. The van der Waals surface area contributed by atoms with Gasteiger partial charge in [0.2, 0.25) is 0 Å². The van der Waals surface area contributed by atoms with E-state index < -0.39 is 0 Å². The SMILES string of the molecule is CC(C)(C)N1CCC1CNC(=O)N[C@H]1c2ccccc2OC[C@H]1CO. The smallest absolute Gasteiger partial charge is 0.315 e. The molecule has 0 aromatic heterocycles. The van der Waals surface area contributed by atoms with Gasteiger partial charge in [-0.1, -0.05) is 18.2 Å². The van der Waals surface area contributed by atoms with Gasteiger partial charge in [0, 0.05) is 36.2 Å². The Balaban J connectivity index is 1.59. The molecule has 3 rings (SSSR count). The van der Waals surface area contributed by atoms with Gasteiger partial charge in [0.1, 0.15) is 5.75 Å². The maximum Gasteiger partial charge on any atom is 0.315 e. The normalized spacial score (nSPS) is 26.2. The fourth-order valence-corrected chi connectivity index (χ4v) is 3.71. The molecule has 0 radical (unpaired) electrons. The number of fused-ring (bicyclic) bond motifs is 1. The highest BCUT2D eigenvalue weighted by Gasteiger charge is 2.36. The monoisotopic (exact) mass is 347 g/mol. The van der Waals surface area contributed by atoms with Crippen LogP contribution < -0.4 is 15.4 Å². The summed E-state index contributed by atoms with van der Waals surface area (Å²) in [6.07, 6.45) is 1.11. The molecule has 25 heavy (non-hydrogen) atoms. The molecule has 1 unspecified atom stereocenters. The maximum atomic E-state index is 12.4. The van der Waals surface area contributed by atoms with Crippen molar-refractivity contribution in [3.63, 3.8) is 0 Å². The van der Waals surface area contributed by atoms with Crippen LogP contribution >= 0.6 is 0 Å². The molecule has 1 aromatic carbocycles. The van der Waals surface area contributed by atoms with Crippen molar-refractivity contribution >= 4 is 6.03 Å². The van der Waals surface area contributed by atoms with E-state index in [-0.39, 0.29) is 30.1 Å². The number of urea groups is 1. The first-order valence-electron chi connectivity index (χ1n) is 9.04. The number of aliphatic hydroxyl groups excluding tert-OH is 1. The van der Waals surface area contributed by atoms with Crippen molar-refractivity contribution in [3.05, 3.63) is 29.8 Å². The molecule has 6 heteroatoms. The average Bonchev–Trinajstić information content (AvgIpc) is 2.52. The van der Waals surface area contributed by atoms with Gasteiger partial charge in [-0.3, -0.25) is 4.90 Å². The summed E-state index contributed by atoms with van der Waals surface area (Å²) in [7, 11) is 0. The molecular weight excluding hydrogens is 318 g/mol. The van der Waals surface area contributed by atoms with Crippen LogP contribution in [0.2, 0.25) is 0 Å². The first-order chi connectivity index (χ1) is 11.9. The first kappa shape index (κ1) is 18.0. The van der Waals surface area contributed by atoms with E-state index in [1.807, 2.05) is 24.3 Å². The summed E-state index contributed by atoms with van der Waals surface area (Å²) in [5, 5.41) is 15.7. The van der Waals surface area contributed by atoms with Crippen molar-refractivity contribution in [2.45, 2.75) is 44.8 Å². The minimum absolute atomic E-state index is 0.0281. The van der Waals surface area contributed by atoms with Crippen LogP contribution in [0.1, 0.15) is 38.8 Å². The molecule has 0 saturated carbocycles. The summed E-state index contributed by atoms with van der Waals surface area (Å²) in [6, 6.07) is 7.62. The molecule has 3 N–H and O–H groups in total. The molecule has 2 aliphatic rings. The molecule has 138 valence electrons. The number of amides is 2. The minimum atomic E-state index is -0.241. The van der Waals surface area contributed by atoms with Crippen LogP contribution in [0.5, 0.6) is 5.75 Å². The van der Waals surface area contributed by atoms with Crippen LogP contribution in [0, 0.1) is 5.92 Å². The Morgan fingerprint density at radius 2 is 2.12 bits per heavy atom. The Labute approximate surface area is 149 Å². The number of likely N-dealkylation sites (tertiary alicyclic amines) is 1. The number of hydrogen-bond acceptors (Lipinski definition) is 4. The third kappa shape index (κ3) is 3.90. The average molecular weight is 347 g/mol. The Morgan fingerprint density at radius 1 is 1.36 bits per heavy atom. The molecule has 1 saturated heterocycles. The Kier molecular flexibility index (Phi) is 5.20. The zero-order valence-corrected chi connectivity index (χ0v) is 15.3. The van der Waals surface area contributed by atoms with Crippen LogP contribution in [0.25, 0.3) is 0 Å². The van der Waals surface area contributed by atoms with Crippen molar-refractivity contribution in [3.8, 4) is 5.75 Å². The Morgan fingerprint density at radius 3 is 2.76 bits per heavy atom. The van der Waals surface area contributed by atoms with E-state index in [9.17, 15) is 9.90 Å². The fourth-order valence-electron chi connectivity index (χ4n) is 3.71. The minimum Gasteiger partial charge on any atom is -0.493 e. The van der Waals surface area contributed by atoms with E-state index in [1.165, 1.54) is 0 Å². The molecule has 2 amide bonds. The van der Waals surface area contributed by atoms with Crippen LogP contribution in [-0.2, 0) is 0 Å². The molecule has 3 atom stereocenters. The second-order valence-corrected chi connectivity index (χ2v) is 7.93. The number of carbonyl (C=O) groups excluding carboxylic acids is 1. The van der Waals surface area contributed by atoms with Gasteiger partial charge in [-0.2, -0.15) is 0 Å². The van der Waals surface area contributed by atoms with Gasteiger partial charge >= 0.3 is 6.03 Å². The lowest BCUT2D eigenvalue weighted by atomic mass is 9.91. The second kappa shape index (κ2) is 7.22. The summed E-state index contributed by atoms with van der Waals surface area (Å²) < 4.78 is 5.68. The summed E-state index contributed by atoms with van der Waals surface area (Å²) >= 11 is 0. The topological polar surface area (TPSA) is 73.8 Å². The summed E-state index contributed by atoms with van der Waals surface area (Å²) in [6.45, 7) is 8.69. The van der Waals surface area contributed by atoms with Gasteiger partial charge < -0.3 is 20.5 Å². The number of benzene rings is 1. The molecule has 2 heterocycles. The second-order valence-electron chi connectivity index (χ2n) is 7.93. The molecule has 0 bridgehead atoms. The lowest BCUT2D eigenvalue weighted by Gasteiger charge is -2.49. The number of aliphatic hydroxyl groups is 1.